The van der Waals surface area contributed by atoms with Gasteiger partial charge in [0.25, 0.3) is 5.91 Å². The number of carbonyl (C=O) groups is 1. The Labute approximate surface area is 162 Å². The Morgan fingerprint density at radius 1 is 1.25 bits per heavy atom. The summed E-state index contributed by atoms with van der Waals surface area (Å²) in [6.45, 7) is 2.49. The summed E-state index contributed by atoms with van der Waals surface area (Å²) in [5, 5.41) is 15.9. The predicted molar refractivity (Wildman–Crippen MR) is 103 cm³/mol. The summed E-state index contributed by atoms with van der Waals surface area (Å²) in [5.74, 6) is -1.64. The topological polar surface area (TPSA) is 90.6 Å². The zero-order valence-electron chi connectivity index (χ0n) is 16.1. The van der Waals surface area contributed by atoms with E-state index in [4.69, 9.17) is 5.73 Å². The molecule has 1 saturated heterocycles. The third-order valence-corrected chi connectivity index (χ3v) is 5.61. The van der Waals surface area contributed by atoms with Gasteiger partial charge in [-0.25, -0.2) is 0 Å². The Morgan fingerprint density at radius 2 is 1.86 bits per heavy atom. The van der Waals surface area contributed by atoms with Crippen LogP contribution >= 0.6 is 0 Å². The van der Waals surface area contributed by atoms with Crippen LogP contribution in [-0.4, -0.2) is 49.0 Å². The number of carbonyl (C=O) groups excluding carboxylic acids is 1. The number of nitrogens with zero attached hydrogens (tertiary/aromatic N) is 1. The molecule has 1 heterocycles. The molecule has 6 nitrogen and oxygen atoms in total. The van der Waals surface area contributed by atoms with Gasteiger partial charge in [-0.15, -0.1) is 0 Å². The maximum absolute atomic E-state index is 12.9. The SMILES string of the molecule is CNc1cc(N2CC(C)(O)C2)c(C(=O)NC2CCC(C(F)(F)F)CC2)cc1N. The Balaban J connectivity index is 1.73. The molecule has 1 amide bonds. The van der Waals surface area contributed by atoms with Crippen molar-refractivity contribution in [3.63, 3.8) is 0 Å². The summed E-state index contributed by atoms with van der Waals surface area (Å²) < 4.78 is 38.5. The van der Waals surface area contributed by atoms with Crippen molar-refractivity contribution in [3.05, 3.63) is 17.7 Å². The van der Waals surface area contributed by atoms with Crippen molar-refractivity contribution in [2.75, 3.05) is 36.1 Å². The van der Waals surface area contributed by atoms with Crippen LogP contribution in [0.2, 0.25) is 0 Å². The number of β-amino-alcohol motifs (C(OH)–C–C–N with tert-alkyl or cyclic N) is 1. The van der Waals surface area contributed by atoms with Gasteiger partial charge in [0.05, 0.1) is 34.1 Å². The lowest BCUT2D eigenvalue weighted by atomic mass is 9.85. The first-order valence-electron chi connectivity index (χ1n) is 9.46. The number of rotatable bonds is 4. The fraction of sp³-hybridized carbons (Fsp3) is 0.632. The minimum Gasteiger partial charge on any atom is -0.397 e. The molecular formula is C19H27F3N4O2. The number of nitrogen functional groups attached to an aromatic ring is 1. The zero-order valence-corrected chi connectivity index (χ0v) is 16.1. The van der Waals surface area contributed by atoms with E-state index in [-0.39, 0.29) is 24.8 Å². The van der Waals surface area contributed by atoms with Gasteiger partial charge in [0.15, 0.2) is 0 Å². The lowest BCUT2D eigenvalue weighted by Gasteiger charge is -2.46. The van der Waals surface area contributed by atoms with Gasteiger partial charge in [-0.05, 0) is 44.7 Å². The Morgan fingerprint density at radius 3 is 2.36 bits per heavy atom. The molecule has 0 radical (unpaired) electrons. The maximum atomic E-state index is 12.9. The largest absolute Gasteiger partial charge is 0.397 e. The molecule has 0 bridgehead atoms. The second-order valence-corrected chi connectivity index (χ2v) is 8.12. The zero-order chi connectivity index (χ0) is 20.7. The number of anilines is 3. The van der Waals surface area contributed by atoms with Crippen molar-refractivity contribution in [2.45, 2.75) is 50.4 Å². The fourth-order valence-electron chi connectivity index (χ4n) is 4.04. The summed E-state index contributed by atoms with van der Waals surface area (Å²) in [7, 11) is 1.72. The molecule has 0 spiro atoms. The molecule has 28 heavy (non-hydrogen) atoms. The molecule has 156 valence electrons. The quantitative estimate of drug-likeness (QED) is 0.584. The monoisotopic (exact) mass is 400 g/mol. The van der Waals surface area contributed by atoms with Crippen molar-refractivity contribution in [1.82, 2.24) is 5.32 Å². The Kier molecular flexibility index (Phi) is 5.40. The highest BCUT2D eigenvalue weighted by molar-refractivity contribution is 6.02. The van der Waals surface area contributed by atoms with Crippen molar-refractivity contribution in [3.8, 4) is 0 Å². The van der Waals surface area contributed by atoms with Gasteiger partial charge in [0.2, 0.25) is 0 Å². The summed E-state index contributed by atoms with van der Waals surface area (Å²) in [6.07, 6.45) is -3.52. The number of nitrogens with two attached hydrogens (primary N) is 1. The number of nitrogens with one attached hydrogen (secondary N) is 2. The van der Waals surface area contributed by atoms with E-state index in [2.05, 4.69) is 10.6 Å². The van der Waals surface area contributed by atoms with Crippen LogP contribution in [-0.2, 0) is 0 Å². The summed E-state index contributed by atoms with van der Waals surface area (Å²) >= 11 is 0. The molecule has 1 aromatic carbocycles. The summed E-state index contributed by atoms with van der Waals surface area (Å²) in [6, 6.07) is 3.05. The van der Waals surface area contributed by atoms with Crippen LogP contribution < -0.4 is 21.3 Å². The van der Waals surface area contributed by atoms with Crippen LogP contribution in [0.1, 0.15) is 43.0 Å². The van der Waals surface area contributed by atoms with E-state index in [1.165, 1.54) is 0 Å². The van der Waals surface area contributed by atoms with Gasteiger partial charge < -0.3 is 26.4 Å². The van der Waals surface area contributed by atoms with E-state index in [0.29, 0.717) is 48.6 Å². The van der Waals surface area contributed by atoms with Gasteiger partial charge in [-0.3, -0.25) is 4.79 Å². The van der Waals surface area contributed by atoms with Gasteiger partial charge in [0, 0.05) is 26.2 Å². The molecule has 9 heteroatoms. The van der Waals surface area contributed by atoms with Gasteiger partial charge >= 0.3 is 6.18 Å². The van der Waals surface area contributed by atoms with Crippen LogP contribution in [0, 0.1) is 5.92 Å². The number of amides is 1. The number of alkyl halides is 3. The smallest absolute Gasteiger partial charge is 0.391 e. The average Bonchev–Trinajstić information content (AvgIpc) is 2.59. The predicted octanol–water partition coefficient (Wildman–Crippen LogP) is 2.73. The Bertz CT molecular complexity index is 735. The van der Waals surface area contributed by atoms with Crippen molar-refractivity contribution in [1.29, 1.82) is 0 Å². The van der Waals surface area contributed by atoms with E-state index in [1.54, 1.807) is 26.1 Å². The summed E-state index contributed by atoms with van der Waals surface area (Å²) in [4.78, 5) is 14.8. The molecule has 1 aromatic rings. The van der Waals surface area contributed by atoms with Crippen LogP contribution in [0.5, 0.6) is 0 Å². The highest BCUT2D eigenvalue weighted by Gasteiger charge is 2.42. The van der Waals surface area contributed by atoms with Crippen LogP contribution in [0.25, 0.3) is 0 Å². The van der Waals surface area contributed by atoms with Crippen molar-refractivity contribution >= 4 is 23.0 Å². The third kappa shape index (κ3) is 4.29. The van der Waals surface area contributed by atoms with Gasteiger partial charge in [-0.2, -0.15) is 13.2 Å². The molecular weight excluding hydrogens is 373 g/mol. The second kappa shape index (κ2) is 7.35. The first-order chi connectivity index (χ1) is 13.0. The minimum absolute atomic E-state index is 0.0249. The molecule has 0 atom stereocenters. The second-order valence-electron chi connectivity index (χ2n) is 8.12. The highest BCUT2D eigenvalue weighted by Crippen LogP contribution is 2.38. The number of hydrogen-bond acceptors (Lipinski definition) is 5. The van der Waals surface area contributed by atoms with Gasteiger partial charge in [-0.1, -0.05) is 0 Å². The number of hydrogen-bond donors (Lipinski definition) is 4. The number of halogens is 3. The minimum atomic E-state index is -4.17. The van der Waals surface area contributed by atoms with E-state index in [0.717, 1.165) is 0 Å². The standard InChI is InChI=1S/C19H27F3N4O2/c1-18(28)9-26(10-18)16-8-15(24-2)14(23)7-13(16)17(27)25-12-5-3-11(4-6-12)19(20,21)22/h7-8,11-12,24,28H,3-6,9-10,23H2,1-2H3,(H,25,27). The van der Waals surface area contributed by atoms with E-state index in [1.807, 2.05) is 4.90 Å². The molecule has 2 aliphatic rings. The normalized spacial score (nSPS) is 24.4. The maximum Gasteiger partial charge on any atom is 0.391 e. The van der Waals surface area contributed by atoms with E-state index >= 15 is 0 Å². The average molecular weight is 400 g/mol. The molecule has 2 fully saturated rings. The van der Waals surface area contributed by atoms with E-state index in [9.17, 15) is 23.1 Å². The summed E-state index contributed by atoms with van der Waals surface area (Å²) in [5.41, 5.74) is 7.29. The molecule has 0 aromatic heterocycles. The van der Waals surface area contributed by atoms with Crippen LogP contribution in [0.3, 0.4) is 0 Å². The number of benzene rings is 1. The highest BCUT2D eigenvalue weighted by atomic mass is 19.4. The van der Waals surface area contributed by atoms with Crippen molar-refractivity contribution < 1.29 is 23.1 Å². The Hall–Kier alpha value is -2.16. The van der Waals surface area contributed by atoms with Crippen molar-refractivity contribution in [2.24, 2.45) is 5.92 Å². The van der Waals surface area contributed by atoms with E-state index < -0.39 is 17.7 Å². The van der Waals surface area contributed by atoms with Crippen LogP contribution in [0.4, 0.5) is 30.2 Å². The molecule has 5 N–H and O–H groups in total. The molecule has 1 saturated carbocycles. The molecule has 0 unspecified atom stereocenters. The molecule has 1 aliphatic carbocycles. The fourth-order valence-corrected chi connectivity index (χ4v) is 4.04. The third-order valence-electron chi connectivity index (χ3n) is 5.61. The van der Waals surface area contributed by atoms with Crippen LogP contribution in [0.15, 0.2) is 12.1 Å². The first kappa shape index (κ1) is 20.6. The number of aliphatic hydroxyl groups is 1. The lowest BCUT2D eigenvalue weighted by molar-refractivity contribution is -0.182. The lowest BCUT2D eigenvalue weighted by Crippen LogP contribution is -2.60. The molecule has 3 rings (SSSR count). The first-order valence-corrected chi connectivity index (χ1v) is 9.46. The molecule has 1 aliphatic heterocycles. The van der Waals surface area contributed by atoms with Gasteiger partial charge in [0.1, 0.15) is 0 Å².